The Hall–Kier alpha value is -0.420. The highest BCUT2D eigenvalue weighted by Crippen LogP contribution is 2.25. The predicted octanol–water partition coefficient (Wildman–Crippen LogP) is 2.84. The van der Waals surface area contributed by atoms with Crippen molar-refractivity contribution in [1.82, 2.24) is 4.90 Å². The first-order valence-corrected chi connectivity index (χ1v) is 7.04. The topological polar surface area (TPSA) is 32.7 Å². The third-order valence-corrected chi connectivity index (χ3v) is 3.66. The second-order valence-electron chi connectivity index (χ2n) is 4.48. The first kappa shape index (κ1) is 15.6. The lowest BCUT2D eigenvalue weighted by atomic mass is 10.1. The van der Waals surface area contributed by atoms with Crippen LogP contribution in [0.25, 0.3) is 0 Å². The summed E-state index contributed by atoms with van der Waals surface area (Å²) in [5.74, 6) is 0. The van der Waals surface area contributed by atoms with Gasteiger partial charge < -0.3 is 14.7 Å². The van der Waals surface area contributed by atoms with E-state index in [0.717, 1.165) is 42.6 Å². The van der Waals surface area contributed by atoms with Crippen molar-refractivity contribution in [2.75, 3.05) is 33.9 Å². The van der Waals surface area contributed by atoms with Crippen LogP contribution in [0.3, 0.4) is 0 Å². The number of aliphatic hydroxyl groups is 1. The van der Waals surface area contributed by atoms with E-state index in [-0.39, 0.29) is 0 Å². The lowest BCUT2D eigenvalue weighted by molar-refractivity contribution is 0.141. The largest absolute Gasteiger partial charge is 0.388 e. The molecule has 4 heteroatoms. The molecular weight excluding hydrogens is 294 g/mol. The zero-order valence-electron chi connectivity index (χ0n) is 11.1. The van der Waals surface area contributed by atoms with Gasteiger partial charge in [-0.05, 0) is 31.5 Å². The molecule has 1 atom stereocenters. The van der Waals surface area contributed by atoms with Gasteiger partial charge in [-0.25, -0.2) is 0 Å². The summed E-state index contributed by atoms with van der Waals surface area (Å²) in [6, 6.07) is 7.82. The van der Waals surface area contributed by atoms with E-state index in [0.29, 0.717) is 0 Å². The number of nitrogens with zero attached hydrogens (tertiary/aromatic N) is 1. The summed E-state index contributed by atoms with van der Waals surface area (Å²) in [6.07, 6.45) is 1.36. The van der Waals surface area contributed by atoms with Crippen molar-refractivity contribution < 1.29 is 9.84 Å². The number of hydrogen-bond acceptors (Lipinski definition) is 3. The lowest BCUT2D eigenvalue weighted by Crippen LogP contribution is -2.23. The molecule has 0 aliphatic rings. The standard InChI is InChI=1S/C14H22BrNO2/c1-16(9-5-11-18-2)10-8-14(17)12-6-3-4-7-13(12)15/h3-4,6-7,14,17H,5,8-11H2,1-2H3. The number of halogens is 1. The van der Waals surface area contributed by atoms with Gasteiger partial charge >= 0.3 is 0 Å². The maximum Gasteiger partial charge on any atom is 0.0813 e. The summed E-state index contributed by atoms with van der Waals surface area (Å²) in [5.41, 5.74) is 0.961. The van der Waals surface area contributed by atoms with Gasteiger partial charge in [0, 0.05) is 31.3 Å². The summed E-state index contributed by atoms with van der Waals surface area (Å²) in [6.45, 7) is 2.67. The van der Waals surface area contributed by atoms with Crippen molar-refractivity contribution in [1.29, 1.82) is 0 Å². The molecule has 0 fully saturated rings. The number of hydrogen-bond donors (Lipinski definition) is 1. The molecule has 1 aromatic carbocycles. The van der Waals surface area contributed by atoms with E-state index in [4.69, 9.17) is 4.74 Å². The molecule has 0 saturated carbocycles. The van der Waals surface area contributed by atoms with E-state index >= 15 is 0 Å². The minimum absolute atomic E-state index is 0.412. The first-order valence-electron chi connectivity index (χ1n) is 6.25. The maximum atomic E-state index is 10.1. The molecule has 1 unspecified atom stereocenters. The minimum atomic E-state index is -0.412. The Kier molecular flexibility index (Phi) is 7.51. The Morgan fingerprint density at radius 3 is 2.72 bits per heavy atom. The Morgan fingerprint density at radius 1 is 1.33 bits per heavy atom. The molecule has 0 heterocycles. The van der Waals surface area contributed by atoms with Gasteiger partial charge in [-0.2, -0.15) is 0 Å². The van der Waals surface area contributed by atoms with Gasteiger partial charge in [-0.1, -0.05) is 34.1 Å². The maximum absolute atomic E-state index is 10.1. The normalized spacial score (nSPS) is 12.9. The van der Waals surface area contributed by atoms with Gasteiger partial charge in [-0.15, -0.1) is 0 Å². The van der Waals surface area contributed by atoms with Crippen molar-refractivity contribution in [3.05, 3.63) is 34.3 Å². The molecule has 0 aromatic heterocycles. The molecule has 3 nitrogen and oxygen atoms in total. The predicted molar refractivity (Wildman–Crippen MR) is 77.7 cm³/mol. The van der Waals surface area contributed by atoms with E-state index in [1.165, 1.54) is 0 Å². The summed E-state index contributed by atoms with van der Waals surface area (Å²) < 4.78 is 5.99. The molecule has 0 amide bonds. The fraction of sp³-hybridized carbons (Fsp3) is 0.571. The first-order chi connectivity index (χ1) is 8.65. The van der Waals surface area contributed by atoms with Gasteiger partial charge in [-0.3, -0.25) is 0 Å². The van der Waals surface area contributed by atoms with E-state index < -0.39 is 6.10 Å². The van der Waals surface area contributed by atoms with Crippen LogP contribution < -0.4 is 0 Å². The second kappa shape index (κ2) is 8.64. The van der Waals surface area contributed by atoms with Gasteiger partial charge in [0.1, 0.15) is 0 Å². The Labute approximate surface area is 118 Å². The van der Waals surface area contributed by atoms with Crippen LogP contribution in [0.5, 0.6) is 0 Å². The molecule has 0 aliphatic carbocycles. The third kappa shape index (κ3) is 5.48. The molecule has 1 rings (SSSR count). The Bertz CT molecular complexity index is 346. The van der Waals surface area contributed by atoms with Crippen molar-refractivity contribution >= 4 is 15.9 Å². The molecule has 18 heavy (non-hydrogen) atoms. The van der Waals surface area contributed by atoms with Crippen molar-refractivity contribution in [2.24, 2.45) is 0 Å². The zero-order chi connectivity index (χ0) is 13.4. The van der Waals surface area contributed by atoms with Crippen LogP contribution in [0.15, 0.2) is 28.7 Å². The summed E-state index contributed by atoms with van der Waals surface area (Å²) in [5, 5.41) is 10.1. The van der Waals surface area contributed by atoms with Gasteiger partial charge in [0.05, 0.1) is 6.10 Å². The van der Waals surface area contributed by atoms with Crippen molar-refractivity contribution in [3.8, 4) is 0 Å². The Morgan fingerprint density at radius 2 is 2.06 bits per heavy atom. The SMILES string of the molecule is COCCCN(C)CCC(O)c1ccccc1Br. The molecule has 0 bridgehead atoms. The van der Waals surface area contributed by atoms with Crippen LogP contribution >= 0.6 is 15.9 Å². The smallest absolute Gasteiger partial charge is 0.0813 e. The molecule has 1 N–H and O–H groups in total. The summed E-state index contributed by atoms with van der Waals surface area (Å²) >= 11 is 3.47. The van der Waals surface area contributed by atoms with Crippen LogP contribution in [0, 0.1) is 0 Å². The van der Waals surface area contributed by atoms with E-state index in [1.54, 1.807) is 7.11 Å². The van der Waals surface area contributed by atoms with Crippen LogP contribution in [0.2, 0.25) is 0 Å². The number of ether oxygens (including phenoxy) is 1. The summed E-state index contributed by atoms with van der Waals surface area (Å²) in [4.78, 5) is 2.22. The van der Waals surface area contributed by atoms with E-state index in [2.05, 4.69) is 27.9 Å². The van der Waals surface area contributed by atoms with E-state index in [1.807, 2.05) is 24.3 Å². The highest BCUT2D eigenvalue weighted by atomic mass is 79.9. The average molecular weight is 316 g/mol. The van der Waals surface area contributed by atoms with Gasteiger partial charge in [0.15, 0.2) is 0 Å². The molecule has 0 spiro atoms. The molecule has 0 radical (unpaired) electrons. The quantitative estimate of drug-likeness (QED) is 0.749. The fourth-order valence-corrected chi connectivity index (χ4v) is 2.38. The highest BCUT2D eigenvalue weighted by molar-refractivity contribution is 9.10. The molecule has 0 aliphatic heterocycles. The van der Waals surface area contributed by atoms with Crippen LogP contribution in [0.4, 0.5) is 0 Å². The monoisotopic (exact) mass is 315 g/mol. The number of benzene rings is 1. The lowest BCUT2D eigenvalue weighted by Gasteiger charge is -2.19. The van der Waals surface area contributed by atoms with Crippen LogP contribution in [-0.4, -0.2) is 43.9 Å². The number of aliphatic hydroxyl groups excluding tert-OH is 1. The summed E-state index contributed by atoms with van der Waals surface area (Å²) in [7, 11) is 3.79. The molecule has 102 valence electrons. The highest BCUT2D eigenvalue weighted by Gasteiger charge is 2.11. The Balaban J connectivity index is 2.32. The van der Waals surface area contributed by atoms with Crippen LogP contribution in [-0.2, 0) is 4.74 Å². The van der Waals surface area contributed by atoms with Crippen molar-refractivity contribution in [3.63, 3.8) is 0 Å². The fourth-order valence-electron chi connectivity index (χ4n) is 1.83. The van der Waals surface area contributed by atoms with Crippen molar-refractivity contribution in [2.45, 2.75) is 18.9 Å². The second-order valence-corrected chi connectivity index (χ2v) is 5.33. The van der Waals surface area contributed by atoms with Crippen LogP contribution in [0.1, 0.15) is 24.5 Å². The van der Waals surface area contributed by atoms with E-state index in [9.17, 15) is 5.11 Å². The molecular formula is C14H22BrNO2. The molecule has 1 aromatic rings. The van der Waals surface area contributed by atoms with Gasteiger partial charge in [0.25, 0.3) is 0 Å². The number of rotatable bonds is 8. The minimum Gasteiger partial charge on any atom is -0.388 e. The molecule has 0 saturated heterocycles. The van der Waals surface area contributed by atoms with Gasteiger partial charge in [0.2, 0.25) is 0 Å². The third-order valence-electron chi connectivity index (χ3n) is 2.94. The number of methoxy groups -OCH3 is 1. The average Bonchev–Trinajstić information content (AvgIpc) is 2.37. The zero-order valence-corrected chi connectivity index (χ0v) is 12.7.